The number of halogens is 3. The van der Waals surface area contributed by atoms with Crippen molar-refractivity contribution in [1.82, 2.24) is 4.98 Å². The van der Waals surface area contributed by atoms with Crippen molar-refractivity contribution in [3.63, 3.8) is 0 Å². The highest BCUT2D eigenvalue weighted by Crippen LogP contribution is 2.34. The van der Waals surface area contributed by atoms with Crippen molar-refractivity contribution < 1.29 is 23.1 Å². The summed E-state index contributed by atoms with van der Waals surface area (Å²) < 4.78 is 38.1. The summed E-state index contributed by atoms with van der Waals surface area (Å²) in [4.78, 5) is 16.6. The molecular weight excluding hydrogens is 305 g/mol. The van der Waals surface area contributed by atoms with E-state index in [9.17, 15) is 18.0 Å². The molecule has 2 aromatic rings. The van der Waals surface area contributed by atoms with Gasteiger partial charge in [0, 0.05) is 12.7 Å². The average molecular weight is 316 g/mol. The van der Waals surface area contributed by atoms with Gasteiger partial charge in [-0.15, -0.1) is 0 Å². The molecule has 1 N–H and O–H groups in total. The molecule has 0 saturated heterocycles. The van der Waals surface area contributed by atoms with E-state index >= 15 is 0 Å². The van der Waals surface area contributed by atoms with Gasteiger partial charge in [0.05, 0.1) is 11.3 Å². The Labute approximate surface area is 122 Å². The predicted octanol–water partition coefficient (Wildman–Crippen LogP) is 3.94. The van der Waals surface area contributed by atoms with Crippen molar-refractivity contribution in [3.8, 4) is 0 Å². The number of alkyl halides is 3. The number of aryl methyl sites for hydroxylation is 1. The molecule has 0 unspecified atom stereocenters. The Morgan fingerprint density at radius 3 is 2.57 bits per heavy atom. The normalized spacial score (nSPS) is 11.5. The summed E-state index contributed by atoms with van der Waals surface area (Å²) in [6.07, 6.45) is -4.43. The van der Waals surface area contributed by atoms with Crippen LogP contribution in [0.3, 0.4) is 0 Å². The Balaban J connectivity index is 2.38. The molecule has 0 aliphatic rings. The summed E-state index contributed by atoms with van der Waals surface area (Å²) in [5.41, 5.74) is -0.143. The summed E-state index contributed by atoms with van der Waals surface area (Å²) >= 11 is 0.918. The molecule has 0 bridgehead atoms. The van der Waals surface area contributed by atoms with Crippen LogP contribution in [0.25, 0.3) is 0 Å². The smallest absolute Gasteiger partial charge is 0.416 e. The quantitative estimate of drug-likeness (QED) is 0.932. The third kappa shape index (κ3) is 3.15. The Hall–Kier alpha value is -2.09. The topological polar surface area (TPSA) is 53.4 Å². The number of carboxylic acid groups (broad SMARTS) is 1. The Morgan fingerprint density at radius 2 is 2.05 bits per heavy atom. The first-order valence-corrected chi connectivity index (χ1v) is 6.63. The first kappa shape index (κ1) is 15.3. The van der Waals surface area contributed by atoms with Gasteiger partial charge >= 0.3 is 12.1 Å². The zero-order valence-electron chi connectivity index (χ0n) is 11.1. The highest BCUT2D eigenvalue weighted by molar-refractivity contribution is 7.17. The lowest BCUT2D eigenvalue weighted by molar-refractivity contribution is -0.137. The summed E-state index contributed by atoms with van der Waals surface area (Å²) in [5.74, 6) is -1.10. The van der Waals surface area contributed by atoms with Crippen molar-refractivity contribution in [2.24, 2.45) is 0 Å². The van der Waals surface area contributed by atoms with Crippen LogP contribution in [0.1, 0.15) is 20.9 Å². The second-order valence-corrected chi connectivity index (χ2v) is 5.30. The maximum absolute atomic E-state index is 12.7. The minimum atomic E-state index is -4.43. The van der Waals surface area contributed by atoms with Crippen molar-refractivity contribution in [3.05, 3.63) is 40.4 Å². The summed E-state index contributed by atoms with van der Waals surface area (Å²) in [6.45, 7) is 1.55. The molecule has 0 saturated carbocycles. The molecule has 0 aliphatic heterocycles. The first-order valence-electron chi connectivity index (χ1n) is 5.82. The number of carbonyl (C=O) groups is 1. The zero-order valence-corrected chi connectivity index (χ0v) is 11.9. The molecule has 0 spiro atoms. The van der Waals surface area contributed by atoms with Gasteiger partial charge in [0.2, 0.25) is 0 Å². The number of hydrogen-bond acceptors (Lipinski definition) is 4. The fourth-order valence-electron chi connectivity index (χ4n) is 1.73. The maximum atomic E-state index is 12.7. The van der Waals surface area contributed by atoms with Crippen LogP contribution in [-0.2, 0) is 6.18 Å². The maximum Gasteiger partial charge on any atom is 0.416 e. The summed E-state index contributed by atoms with van der Waals surface area (Å²) in [6, 6.07) is 4.78. The minimum absolute atomic E-state index is 0.0730. The molecule has 0 fully saturated rings. The van der Waals surface area contributed by atoms with E-state index in [0.29, 0.717) is 10.8 Å². The van der Waals surface area contributed by atoms with Crippen LogP contribution in [0.5, 0.6) is 0 Å². The van der Waals surface area contributed by atoms with E-state index in [-0.39, 0.29) is 10.6 Å². The molecule has 4 nitrogen and oxygen atoms in total. The summed E-state index contributed by atoms with van der Waals surface area (Å²) in [7, 11) is 1.54. The molecule has 8 heteroatoms. The third-order valence-corrected chi connectivity index (χ3v) is 4.05. The van der Waals surface area contributed by atoms with Crippen molar-refractivity contribution in [1.29, 1.82) is 0 Å². The molecule has 2 rings (SSSR count). The van der Waals surface area contributed by atoms with E-state index in [1.807, 2.05) is 0 Å². The monoisotopic (exact) mass is 316 g/mol. The van der Waals surface area contributed by atoms with E-state index in [2.05, 4.69) is 4.98 Å². The van der Waals surface area contributed by atoms with Crippen LogP contribution in [0, 0.1) is 6.92 Å². The fraction of sp³-hybridized carbons (Fsp3) is 0.231. The minimum Gasteiger partial charge on any atom is -0.477 e. The van der Waals surface area contributed by atoms with Crippen LogP contribution < -0.4 is 4.90 Å². The SMILES string of the molecule is Cc1nc(N(C)c2cccc(C(F)(F)F)c2)sc1C(=O)O. The van der Waals surface area contributed by atoms with E-state index in [4.69, 9.17) is 5.11 Å². The molecule has 0 aliphatic carbocycles. The lowest BCUT2D eigenvalue weighted by Crippen LogP contribution is -2.11. The largest absolute Gasteiger partial charge is 0.477 e. The Morgan fingerprint density at radius 1 is 1.38 bits per heavy atom. The number of aromatic carboxylic acids is 1. The molecule has 0 radical (unpaired) electrons. The zero-order chi connectivity index (χ0) is 15.8. The number of benzene rings is 1. The number of thiazole rings is 1. The molecule has 1 heterocycles. The van der Waals surface area contributed by atoms with Crippen LogP contribution in [0.2, 0.25) is 0 Å². The van der Waals surface area contributed by atoms with Gasteiger partial charge in [-0.2, -0.15) is 13.2 Å². The average Bonchev–Trinajstić information content (AvgIpc) is 2.79. The van der Waals surface area contributed by atoms with Gasteiger partial charge in [0.25, 0.3) is 0 Å². The van der Waals surface area contributed by atoms with Crippen molar-refractivity contribution >= 4 is 28.1 Å². The van der Waals surface area contributed by atoms with Gasteiger partial charge in [0.1, 0.15) is 4.88 Å². The van der Waals surface area contributed by atoms with Gasteiger partial charge in [-0.25, -0.2) is 9.78 Å². The first-order chi connectivity index (χ1) is 9.70. The van der Waals surface area contributed by atoms with Crippen LogP contribution in [0.4, 0.5) is 24.0 Å². The van der Waals surface area contributed by atoms with Gasteiger partial charge in [-0.05, 0) is 25.1 Å². The number of anilines is 2. The standard InChI is InChI=1S/C13H11F3N2O2S/c1-7-10(11(19)20)21-12(17-7)18(2)9-5-3-4-8(6-9)13(14,15)16/h3-6H,1-2H3,(H,19,20). The van der Waals surface area contributed by atoms with Crippen molar-refractivity contribution in [2.45, 2.75) is 13.1 Å². The van der Waals surface area contributed by atoms with Gasteiger partial charge in [-0.1, -0.05) is 17.4 Å². The van der Waals surface area contributed by atoms with Gasteiger partial charge in [0.15, 0.2) is 5.13 Å². The highest BCUT2D eigenvalue weighted by Gasteiger charge is 2.31. The number of aromatic nitrogens is 1. The lowest BCUT2D eigenvalue weighted by Gasteiger charge is -2.17. The fourth-order valence-corrected chi connectivity index (χ4v) is 2.61. The molecule has 1 aromatic carbocycles. The third-order valence-electron chi connectivity index (χ3n) is 2.83. The number of rotatable bonds is 3. The number of nitrogens with zero attached hydrogens (tertiary/aromatic N) is 2. The van der Waals surface area contributed by atoms with Crippen LogP contribution >= 0.6 is 11.3 Å². The van der Waals surface area contributed by atoms with Crippen LogP contribution in [0.15, 0.2) is 24.3 Å². The van der Waals surface area contributed by atoms with Crippen molar-refractivity contribution in [2.75, 3.05) is 11.9 Å². The van der Waals surface area contributed by atoms with Crippen LogP contribution in [-0.4, -0.2) is 23.1 Å². The predicted molar refractivity (Wildman–Crippen MR) is 73.3 cm³/mol. The molecule has 0 atom stereocenters. The van der Waals surface area contributed by atoms with E-state index in [1.54, 1.807) is 14.0 Å². The molecule has 21 heavy (non-hydrogen) atoms. The van der Waals surface area contributed by atoms with E-state index in [1.165, 1.54) is 17.0 Å². The lowest BCUT2D eigenvalue weighted by atomic mass is 10.2. The van der Waals surface area contributed by atoms with Gasteiger partial charge in [-0.3, -0.25) is 0 Å². The summed E-state index contributed by atoms with van der Waals surface area (Å²) in [5, 5.41) is 9.31. The van der Waals surface area contributed by atoms with Gasteiger partial charge < -0.3 is 10.0 Å². The molecule has 1 aromatic heterocycles. The highest BCUT2D eigenvalue weighted by atomic mass is 32.1. The van der Waals surface area contributed by atoms with E-state index < -0.39 is 17.7 Å². The number of carboxylic acids is 1. The van der Waals surface area contributed by atoms with E-state index in [0.717, 1.165) is 23.5 Å². The number of hydrogen-bond donors (Lipinski definition) is 1. The Bertz CT molecular complexity index is 682. The molecule has 112 valence electrons. The molecular formula is C13H11F3N2O2S. The second kappa shape index (κ2) is 5.36. The Kier molecular flexibility index (Phi) is 3.91. The second-order valence-electron chi connectivity index (χ2n) is 4.32. The molecule has 0 amide bonds.